The second kappa shape index (κ2) is 4.62. The Labute approximate surface area is 104 Å². The SMILES string of the molecule is C[NH+]1CCN(S(=O)(=O)c2ccc(Cl)s2)CC1. The highest BCUT2D eigenvalue weighted by atomic mass is 35.5. The van der Waals surface area contributed by atoms with E-state index < -0.39 is 10.0 Å². The van der Waals surface area contributed by atoms with E-state index in [0.29, 0.717) is 21.6 Å². The molecule has 7 heteroatoms. The summed E-state index contributed by atoms with van der Waals surface area (Å²) in [5.41, 5.74) is 0. The number of thiophene rings is 1. The first-order chi connectivity index (χ1) is 7.50. The lowest BCUT2D eigenvalue weighted by atomic mass is 10.4. The van der Waals surface area contributed by atoms with Crippen molar-refractivity contribution in [3.8, 4) is 0 Å². The van der Waals surface area contributed by atoms with Crippen molar-refractivity contribution in [1.82, 2.24) is 4.31 Å². The topological polar surface area (TPSA) is 41.8 Å². The lowest BCUT2D eigenvalue weighted by molar-refractivity contribution is -0.883. The quantitative estimate of drug-likeness (QED) is 0.824. The molecule has 1 aliphatic heterocycles. The Bertz CT molecular complexity index is 464. The van der Waals surface area contributed by atoms with Gasteiger partial charge < -0.3 is 4.90 Å². The third-order valence-corrected chi connectivity index (χ3v) is 6.32. The van der Waals surface area contributed by atoms with Gasteiger partial charge in [0.15, 0.2) is 0 Å². The van der Waals surface area contributed by atoms with Crippen LogP contribution in [0, 0.1) is 0 Å². The number of rotatable bonds is 2. The molecule has 1 N–H and O–H groups in total. The Kier molecular flexibility index (Phi) is 3.56. The third-order valence-electron chi connectivity index (χ3n) is 2.72. The highest BCUT2D eigenvalue weighted by molar-refractivity contribution is 7.91. The average molecular weight is 282 g/mol. The van der Waals surface area contributed by atoms with Gasteiger partial charge in [0.05, 0.1) is 37.6 Å². The molecule has 1 aromatic heterocycles. The van der Waals surface area contributed by atoms with Crippen LogP contribution in [0.4, 0.5) is 0 Å². The van der Waals surface area contributed by atoms with Gasteiger partial charge in [0.1, 0.15) is 4.21 Å². The molecule has 0 saturated carbocycles. The number of hydrogen-bond acceptors (Lipinski definition) is 3. The molecular formula is C9H14ClN2O2S2+. The van der Waals surface area contributed by atoms with Crippen molar-refractivity contribution < 1.29 is 13.3 Å². The highest BCUT2D eigenvalue weighted by Gasteiger charge is 2.30. The van der Waals surface area contributed by atoms with E-state index in [1.165, 1.54) is 4.90 Å². The van der Waals surface area contributed by atoms with Crippen LogP contribution in [0.15, 0.2) is 16.3 Å². The Morgan fingerprint density at radius 1 is 1.38 bits per heavy atom. The minimum absolute atomic E-state index is 0.344. The van der Waals surface area contributed by atoms with Crippen molar-refractivity contribution in [3.63, 3.8) is 0 Å². The molecule has 0 spiro atoms. The Morgan fingerprint density at radius 2 is 2.00 bits per heavy atom. The van der Waals surface area contributed by atoms with Crippen LogP contribution < -0.4 is 4.90 Å². The second-order valence-corrected chi connectivity index (χ2v) is 7.80. The van der Waals surface area contributed by atoms with E-state index in [9.17, 15) is 8.42 Å². The summed E-state index contributed by atoms with van der Waals surface area (Å²) in [6.45, 7) is 2.89. The maximum Gasteiger partial charge on any atom is 0.253 e. The van der Waals surface area contributed by atoms with E-state index in [2.05, 4.69) is 7.05 Å². The molecule has 16 heavy (non-hydrogen) atoms. The van der Waals surface area contributed by atoms with Crippen molar-refractivity contribution in [2.24, 2.45) is 0 Å². The highest BCUT2D eigenvalue weighted by Crippen LogP contribution is 2.27. The number of halogens is 1. The van der Waals surface area contributed by atoms with E-state index >= 15 is 0 Å². The van der Waals surface area contributed by atoms with Crippen LogP contribution in [0.25, 0.3) is 0 Å². The largest absolute Gasteiger partial charge is 0.335 e. The molecule has 1 aromatic rings. The second-order valence-electron chi connectivity index (χ2n) is 3.92. The number of nitrogens with one attached hydrogen (secondary N) is 1. The summed E-state index contributed by atoms with van der Waals surface area (Å²) < 4.78 is 26.8. The van der Waals surface area contributed by atoms with E-state index in [1.807, 2.05) is 0 Å². The van der Waals surface area contributed by atoms with Gasteiger partial charge in [0.25, 0.3) is 10.0 Å². The van der Waals surface area contributed by atoms with E-state index in [1.54, 1.807) is 16.4 Å². The molecule has 90 valence electrons. The van der Waals surface area contributed by atoms with Gasteiger partial charge >= 0.3 is 0 Å². The Hall–Kier alpha value is -0.140. The van der Waals surface area contributed by atoms with Crippen molar-refractivity contribution in [1.29, 1.82) is 0 Å². The minimum Gasteiger partial charge on any atom is -0.335 e. The summed E-state index contributed by atoms with van der Waals surface area (Å²) in [7, 11) is -1.24. The zero-order chi connectivity index (χ0) is 11.8. The molecule has 0 atom stereocenters. The summed E-state index contributed by atoms with van der Waals surface area (Å²) in [5.74, 6) is 0. The Morgan fingerprint density at radius 3 is 2.50 bits per heavy atom. The molecule has 0 bridgehead atoms. The predicted octanol–water partition coefficient (Wildman–Crippen LogP) is -0.0795. The van der Waals surface area contributed by atoms with Crippen LogP contribution >= 0.6 is 22.9 Å². The van der Waals surface area contributed by atoms with Crippen molar-refractivity contribution >= 4 is 33.0 Å². The first-order valence-corrected chi connectivity index (χ1v) is 7.70. The lowest BCUT2D eigenvalue weighted by Gasteiger charge is -2.28. The van der Waals surface area contributed by atoms with Crippen molar-refractivity contribution in [3.05, 3.63) is 16.5 Å². The fourth-order valence-electron chi connectivity index (χ4n) is 1.67. The molecule has 1 fully saturated rings. The van der Waals surface area contributed by atoms with Crippen LogP contribution in [-0.2, 0) is 10.0 Å². The summed E-state index contributed by atoms with van der Waals surface area (Å²) >= 11 is 6.88. The number of sulfonamides is 1. The molecule has 2 heterocycles. The van der Waals surface area contributed by atoms with Gasteiger partial charge in [-0.25, -0.2) is 8.42 Å². The van der Waals surface area contributed by atoms with Gasteiger partial charge in [-0.1, -0.05) is 11.6 Å². The summed E-state index contributed by atoms with van der Waals surface area (Å²) in [6.07, 6.45) is 0. The molecule has 2 rings (SSSR count). The maximum atomic E-state index is 12.2. The molecule has 1 saturated heterocycles. The number of hydrogen-bond donors (Lipinski definition) is 1. The standard InChI is InChI=1S/C9H13ClN2O2S2/c1-11-4-6-12(7-5-11)16(13,14)9-3-2-8(10)15-9/h2-3H,4-7H2,1H3/p+1. The van der Waals surface area contributed by atoms with Gasteiger partial charge in [-0.05, 0) is 12.1 Å². The van der Waals surface area contributed by atoms with Gasteiger partial charge in [-0.3, -0.25) is 0 Å². The molecule has 0 aliphatic carbocycles. The first-order valence-electron chi connectivity index (χ1n) is 5.07. The van der Waals surface area contributed by atoms with E-state index in [-0.39, 0.29) is 0 Å². The van der Waals surface area contributed by atoms with Gasteiger partial charge in [-0.15, -0.1) is 11.3 Å². The molecule has 0 aromatic carbocycles. The summed E-state index contributed by atoms with van der Waals surface area (Å²) in [6, 6.07) is 3.20. The molecule has 0 unspecified atom stereocenters. The van der Waals surface area contributed by atoms with Gasteiger partial charge in [0.2, 0.25) is 0 Å². The summed E-state index contributed by atoms with van der Waals surface area (Å²) in [4.78, 5) is 1.37. The van der Waals surface area contributed by atoms with Crippen molar-refractivity contribution in [2.75, 3.05) is 33.2 Å². The summed E-state index contributed by atoms with van der Waals surface area (Å²) in [5, 5.41) is 0. The van der Waals surface area contributed by atoms with Crippen molar-refractivity contribution in [2.45, 2.75) is 4.21 Å². The van der Waals surface area contributed by atoms with Crippen LogP contribution in [0.5, 0.6) is 0 Å². The smallest absolute Gasteiger partial charge is 0.253 e. The predicted molar refractivity (Wildman–Crippen MR) is 64.7 cm³/mol. The molecular weight excluding hydrogens is 268 g/mol. The number of piperazine rings is 1. The van der Waals surface area contributed by atoms with E-state index in [0.717, 1.165) is 24.4 Å². The van der Waals surface area contributed by atoms with Gasteiger partial charge in [-0.2, -0.15) is 4.31 Å². The van der Waals surface area contributed by atoms with E-state index in [4.69, 9.17) is 11.6 Å². The molecule has 4 nitrogen and oxygen atoms in total. The Balaban J connectivity index is 2.20. The molecule has 0 radical (unpaired) electrons. The minimum atomic E-state index is -3.31. The van der Waals surface area contributed by atoms with Crippen LogP contribution in [0.3, 0.4) is 0 Å². The molecule has 1 aliphatic rings. The maximum absolute atomic E-state index is 12.2. The lowest BCUT2D eigenvalue weighted by Crippen LogP contribution is -3.12. The first kappa shape index (κ1) is 12.3. The monoisotopic (exact) mass is 281 g/mol. The number of quaternary nitrogens is 1. The molecule has 0 amide bonds. The normalized spacial score (nSPS) is 20.1. The number of likely N-dealkylation sites (N-methyl/N-ethyl adjacent to an activating group) is 1. The average Bonchev–Trinajstić information content (AvgIpc) is 2.66. The fraction of sp³-hybridized carbons (Fsp3) is 0.556. The van der Waals surface area contributed by atoms with Gasteiger partial charge in [0, 0.05) is 0 Å². The number of nitrogens with zero attached hydrogens (tertiary/aromatic N) is 1. The van der Waals surface area contributed by atoms with Crippen LogP contribution in [0.1, 0.15) is 0 Å². The third kappa shape index (κ3) is 2.41. The van der Waals surface area contributed by atoms with Crippen LogP contribution in [-0.4, -0.2) is 45.9 Å². The van der Waals surface area contributed by atoms with Crippen LogP contribution in [0.2, 0.25) is 4.34 Å². The fourth-order valence-corrected chi connectivity index (χ4v) is 4.75. The zero-order valence-corrected chi connectivity index (χ0v) is 11.3. The zero-order valence-electron chi connectivity index (χ0n) is 8.94.